The average Bonchev–Trinajstić information content (AvgIpc) is 3.24. The van der Waals surface area contributed by atoms with Crippen LogP contribution in [0.4, 0.5) is 0 Å². The number of nitrogens with zero attached hydrogens (tertiary/aromatic N) is 5. The highest BCUT2D eigenvalue weighted by molar-refractivity contribution is 5.79. The number of hydrogen-bond donors (Lipinski definition) is 0. The van der Waals surface area contributed by atoms with Gasteiger partial charge in [-0.05, 0) is 37.5 Å². The maximum atomic E-state index is 12.8. The number of rotatable bonds is 4. The molecule has 4 rings (SSSR count). The molecule has 24 heavy (non-hydrogen) atoms. The highest BCUT2D eigenvalue weighted by atomic mass is 16.2. The number of pyridine rings is 1. The third kappa shape index (κ3) is 3.04. The molecule has 0 bridgehead atoms. The average molecular weight is 323 g/mol. The largest absolute Gasteiger partial charge is 0.338 e. The lowest BCUT2D eigenvalue weighted by Gasteiger charge is -2.35. The van der Waals surface area contributed by atoms with Gasteiger partial charge < -0.3 is 9.30 Å². The number of likely N-dealkylation sites (tertiary alicyclic amines) is 1. The summed E-state index contributed by atoms with van der Waals surface area (Å²) >= 11 is 0. The molecule has 3 aromatic heterocycles. The summed E-state index contributed by atoms with van der Waals surface area (Å²) in [6.07, 6.45) is 11.3. The molecule has 1 aliphatic rings. The second-order valence-electron chi connectivity index (χ2n) is 6.34. The number of fused-ring (bicyclic) bond motifs is 1. The van der Waals surface area contributed by atoms with Gasteiger partial charge in [0.1, 0.15) is 5.65 Å². The van der Waals surface area contributed by atoms with Gasteiger partial charge in [-0.25, -0.2) is 4.98 Å². The molecule has 1 aliphatic heterocycles. The lowest BCUT2D eigenvalue weighted by atomic mass is 10.0. The first-order valence-corrected chi connectivity index (χ1v) is 8.49. The minimum atomic E-state index is 0.162. The van der Waals surface area contributed by atoms with E-state index in [9.17, 15) is 4.79 Å². The van der Waals surface area contributed by atoms with Crippen LogP contribution in [-0.2, 0) is 17.8 Å². The minimum Gasteiger partial charge on any atom is -0.338 e. The molecule has 1 saturated heterocycles. The van der Waals surface area contributed by atoms with Crippen molar-refractivity contribution < 1.29 is 4.79 Å². The van der Waals surface area contributed by atoms with Crippen molar-refractivity contribution in [1.29, 1.82) is 0 Å². The summed E-state index contributed by atoms with van der Waals surface area (Å²) in [4.78, 5) is 19.4. The number of aromatic nitrogens is 4. The highest BCUT2D eigenvalue weighted by Gasteiger charge is 2.27. The van der Waals surface area contributed by atoms with Gasteiger partial charge in [-0.3, -0.25) is 9.48 Å². The second-order valence-corrected chi connectivity index (χ2v) is 6.34. The van der Waals surface area contributed by atoms with Crippen molar-refractivity contribution in [3.05, 3.63) is 54.7 Å². The van der Waals surface area contributed by atoms with E-state index in [1.54, 1.807) is 6.20 Å². The Morgan fingerprint density at radius 3 is 3.00 bits per heavy atom. The summed E-state index contributed by atoms with van der Waals surface area (Å²) < 4.78 is 3.88. The molecule has 0 saturated carbocycles. The first-order valence-electron chi connectivity index (χ1n) is 8.49. The summed E-state index contributed by atoms with van der Waals surface area (Å²) in [5.74, 6) is 0.162. The van der Waals surface area contributed by atoms with Crippen molar-refractivity contribution in [3.63, 3.8) is 0 Å². The Kier molecular flexibility index (Phi) is 4.02. The van der Waals surface area contributed by atoms with Crippen LogP contribution in [0.5, 0.6) is 0 Å². The zero-order valence-corrected chi connectivity index (χ0v) is 13.6. The minimum absolute atomic E-state index is 0.162. The fourth-order valence-corrected chi connectivity index (χ4v) is 3.47. The predicted molar refractivity (Wildman–Crippen MR) is 90.5 cm³/mol. The van der Waals surface area contributed by atoms with E-state index < -0.39 is 0 Å². The van der Waals surface area contributed by atoms with Crippen LogP contribution in [-0.4, -0.2) is 42.6 Å². The summed E-state index contributed by atoms with van der Waals surface area (Å²) in [7, 11) is 0. The van der Waals surface area contributed by atoms with Crippen molar-refractivity contribution in [2.75, 3.05) is 6.54 Å². The van der Waals surface area contributed by atoms with E-state index in [4.69, 9.17) is 0 Å². The van der Waals surface area contributed by atoms with Gasteiger partial charge >= 0.3 is 0 Å². The molecule has 0 aliphatic carbocycles. The van der Waals surface area contributed by atoms with E-state index in [1.165, 1.54) is 6.42 Å². The van der Waals surface area contributed by atoms with Crippen LogP contribution < -0.4 is 0 Å². The number of hydrogen-bond acceptors (Lipinski definition) is 3. The van der Waals surface area contributed by atoms with Crippen LogP contribution in [0, 0.1) is 0 Å². The number of piperidine rings is 1. The SMILES string of the molecule is O=C(Cc1cn2ccccc2n1)N1CCCC[C@H]1Cn1cccn1. The lowest BCUT2D eigenvalue weighted by molar-refractivity contribution is -0.134. The summed E-state index contributed by atoms with van der Waals surface area (Å²) in [5.41, 5.74) is 1.71. The third-order valence-electron chi connectivity index (χ3n) is 4.65. The Bertz CT molecular complexity index is 790. The molecular formula is C18H21N5O. The smallest absolute Gasteiger partial charge is 0.228 e. The van der Waals surface area contributed by atoms with E-state index in [2.05, 4.69) is 10.1 Å². The van der Waals surface area contributed by atoms with E-state index in [0.29, 0.717) is 6.42 Å². The molecule has 1 amide bonds. The van der Waals surface area contributed by atoms with E-state index >= 15 is 0 Å². The van der Waals surface area contributed by atoms with Gasteiger partial charge in [-0.1, -0.05) is 6.07 Å². The molecule has 3 aromatic rings. The van der Waals surface area contributed by atoms with Crippen molar-refractivity contribution in [3.8, 4) is 0 Å². The van der Waals surface area contributed by atoms with Gasteiger partial charge in [0.2, 0.25) is 5.91 Å². The summed E-state index contributed by atoms with van der Waals surface area (Å²) in [6, 6.07) is 8.02. The quantitative estimate of drug-likeness (QED) is 0.739. The number of carbonyl (C=O) groups excluding carboxylic acids is 1. The van der Waals surface area contributed by atoms with Crippen LogP contribution in [0.15, 0.2) is 49.1 Å². The molecule has 0 spiro atoms. The fourth-order valence-electron chi connectivity index (χ4n) is 3.47. The van der Waals surface area contributed by atoms with Crippen molar-refractivity contribution in [2.45, 2.75) is 38.3 Å². The van der Waals surface area contributed by atoms with Crippen LogP contribution in [0.3, 0.4) is 0 Å². The number of carbonyl (C=O) groups is 1. The lowest BCUT2D eigenvalue weighted by Crippen LogP contribution is -2.46. The van der Waals surface area contributed by atoms with Crippen LogP contribution in [0.1, 0.15) is 25.0 Å². The zero-order valence-electron chi connectivity index (χ0n) is 13.6. The standard InChI is InChI=1S/C18H21N5O/c24-18(12-15-13-21-9-3-2-7-17(21)20-15)23-11-4-1-6-16(23)14-22-10-5-8-19-22/h2-3,5,7-10,13,16H,1,4,6,11-12,14H2/t16-/m0/s1. The molecular weight excluding hydrogens is 302 g/mol. The van der Waals surface area contributed by atoms with Gasteiger partial charge in [-0.15, -0.1) is 0 Å². The van der Waals surface area contributed by atoms with Gasteiger partial charge in [0, 0.05) is 31.3 Å². The molecule has 124 valence electrons. The molecule has 6 nitrogen and oxygen atoms in total. The maximum absolute atomic E-state index is 12.8. The molecule has 1 fully saturated rings. The monoisotopic (exact) mass is 323 g/mol. The highest BCUT2D eigenvalue weighted by Crippen LogP contribution is 2.20. The van der Waals surface area contributed by atoms with Crippen molar-refractivity contribution in [2.24, 2.45) is 0 Å². The van der Waals surface area contributed by atoms with Gasteiger partial charge in [0.25, 0.3) is 0 Å². The van der Waals surface area contributed by atoms with Gasteiger partial charge in [-0.2, -0.15) is 5.10 Å². The molecule has 1 atom stereocenters. The number of imidazole rings is 1. The van der Waals surface area contributed by atoms with Crippen LogP contribution in [0.25, 0.3) is 5.65 Å². The fraction of sp³-hybridized carbons (Fsp3) is 0.389. The van der Waals surface area contributed by atoms with E-state index in [1.807, 2.05) is 56.8 Å². The molecule has 0 N–H and O–H groups in total. The molecule has 0 aromatic carbocycles. The summed E-state index contributed by atoms with van der Waals surface area (Å²) in [6.45, 7) is 1.60. The third-order valence-corrected chi connectivity index (χ3v) is 4.65. The first-order chi connectivity index (χ1) is 11.8. The van der Waals surface area contributed by atoms with Crippen LogP contribution >= 0.6 is 0 Å². The Labute approximate surface area is 140 Å². The van der Waals surface area contributed by atoms with E-state index in [0.717, 1.165) is 37.3 Å². The first kappa shape index (κ1) is 14.9. The maximum Gasteiger partial charge on any atom is 0.228 e. The zero-order chi connectivity index (χ0) is 16.4. The topological polar surface area (TPSA) is 55.4 Å². The van der Waals surface area contributed by atoms with Crippen LogP contribution in [0.2, 0.25) is 0 Å². The van der Waals surface area contributed by atoms with E-state index in [-0.39, 0.29) is 11.9 Å². The van der Waals surface area contributed by atoms with Crippen molar-refractivity contribution >= 4 is 11.6 Å². The van der Waals surface area contributed by atoms with Crippen molar-refractivity contribution in [1.82, 2.24) is 24.1 Å². The number of amides is 1. The molecule has 0 radical (unpaired) electrons. The Balaban J connectivity index is 1.48. The predicted octanol–water partition coefficient (Wildman–Crippen LogP) is 2.15. The van der Waals surface area contributed by atoms with Gasteiger partial charge in [0.15, 0.2) is 0 Å². The molecule has 4 heterocycles. The Morgan fingerprint density at radius 2 is 2.17 bits per heavy atom. The Hall–Kier alpha value is -2.63. The van der Waals surface area contributed by atoms with Gasteiger partial charge in [0.05, 0.1) is 24.7 Å². The Morgan fingerprint density at radius 1 is 1.21 bits per heavy atom. The second kappa shape index (κ2) is 6.47. The summed E-state index contributed by atoms with van der Waals surface area (Å²) in [5, 5.41) is 4.28. The molecule has 6 heteroatoms. The normalized spacial score (nSPS) is 18.2. The molecule has 0 unspecified atom stereocenters.